The summed E-state index contributed by atoms with van der Waals surface area (Å²) in [6, 6.07) is 4.65. The van der Waals surface area contributed by atoms with Gasteiger partial charge in [0, 0.05) is 46.9 Å². The summed E-state index contributed by atoms with van der Waals surface area (Å²) in [6.45, 7) is 0. The highest BCUT2D eigenvalue weighted by molar-refractivity contribution is 7.92. The Balaban J connectivity index is 1.56. The molecule has 186 valence electrons. The van der Waals surface area contributed by atoms with E-state index in [0.29, 0.717) is 35.4 Å². The number of carbonyl (C=O) groups excluding carboxylic acids is 1. The zero-order valence-electron chi connectivity index (χ0n) is 18.3. The van der Waals surface area contributed by atoms with E-state index in [1.165, 1.54) is 31.1 Å². The minimum atomic E-state index is -4.84. The molecule has 3 heterocycles. The summed E-state index contributed by atoms with van der Waals surface area (Å²) < 4.78 is 84.5. The molecular formula is C24H13F4N5O3S. The van der Waals surface area contributed by atoms with Crippen LogP contribution in [0.5, 0.6) is 0 Å². The lowest BCUT2D eigenvalue weighted by Crippen LogP contribution is -2.17. The summed E-state index contributed by atoms with van der Waals surface area (Å²) in [7, 11) is -4.84. The molecule has 0 aliphatic heterocycles. The van der Waals surface area contributed by atoms with E-state index in [1.807, 2.05) is 0 Å². The standard InChI is InChI=1S/C24H13F4N5O3S/c25-14-1-2-17(26)20(6-14)37(35,36)33-19-4-3-18(27)21(22(19)28)23(34)16-10-32-24-15(16)5-12(9-31-24)13-7-29-11-30-8-13/h1-11,33H,(H,31,32). The number of benzene rings is 2. The van der Waals surface area contributed by atoms with Crippen molar-refractivity contribution in [1.82, 2.24) is 19.9 Å². The van der Waals surface area contributed by atoms with Crippen LogP contribution in [0.4, 0.5) is 23.2 Å². The molecule has 0 aliphatic carbocycles. The first kappa shape index (κ1) is 24.1. The van der Waals surface area contributed by atoms with Gasteiger partial charge in [0.25, 0.3) is 10.0 Å². The Labute approximate surface area is 206 Å². The van der Waals surface area contributed by atoms with Gasteiger partial charge in [-0.15, -0.1) is 0 Å². The van der Waals surface area contributed by atoms with Gasteiger partial charge in [0.05, 0.1) is 11.3 Å². The number of fused-ring (bicyclic) bond motifs is 1. The van der Waals surface area contributed by atoms with Crippen molar-refractivity contribution in [3.8, 4) is 11.1 Å². The second-order valence-electron chi connectivity index (χ2n) is 7.74. The van der Waals surface area contributed by atoms with Crippen molar-refractivity contribution in [2.24, 2.45) is 0 Å². The third-order valence-corrected chi connectivity index (χ3v) is 6.80. The molecule has 8 nitrogen and oxygen atoms in total. The van der Waals surface area contributed by atoms with Crippen LogP contribution in [0.25, 0.3) is 22.2 Å². The Bertz CT molecular complexity index is 1790. The van der Waals surface area contributed by atoms with Gasteiger partial charge in [-0.1, -0.05) is 0 Å². The van der Waals surface area contributed by atoms with Gasteiger partial charge in [-0.2, -0.15) is 0 Å². The molecule has 0 fully saturated rings. The zero-order chi connectivity index (χ0) is 26.3. The van der Waals surface area contributed by atoms with Crippen LogP contribution in [0.3, 0.4) is 0 Å². The number of hydrogen-bond donors (Lipinski definition) is 2. The molecule has 0 aliphatic rings. The summed E-state index contributed by atoms with van der Waals surface area (Å²) in [5.74, 6) is -6.26. The third-order valence-electron chi connectivity index (χ3n) is 5.41. The summed E-state index contributed by atoms with van der Waals surface area (Å²) in [6.07, 6.45) is 7.06. The first-order valence-corrected chi connectivity index (χ1v) is 11.9. The van der Waals surface area contributed by atoms with Gasteiger partial charge in [-0.25, -0.2) is 40.9 Å². The number of ketones is 1. The first-order chi connectivity index (χ1) is 17.7. The fourth-order valence-corrected chi connectivity index (χ4v) is 4.80. The largest absolute Gasteiger partial charge is 0.345 e. The van der Waals surface area contributed by atoms with Crippen molar-refractivity contribution >= 4 is 32.5 Å². The van der Waals surface area contributed by atoms with Crippen LogP contribution >= 0.6 is 0 Å². The van der Waals surface area contributed by atoms with Gasteiger partial charge in [0.1, 0.15) is 34.3 Å². The summed E-state index contributed by atoms with van der Waals surface area (Å²) in [4.78, 5) is 26.9. The van der Waals surface area contributed by atoms with E-state index in [0.717, 1.165) is 6.07 Å². The molecule has 0 saturated heterocycles. The maximum atomic E-state index is 15.3. The molecule has 37 heavy (non-hydrogen) atoms. The van der Waals surface area contributed by atoms with Crippen LogP contribution in [0, 0.1) is 23.3 Å². The van der Waals surface area contributed by atoms with Gasteiger partial charge in [0.2, 0.25) is 5.78 Å². The minimum Gasteiger partial charge on any atom is -0.345 e. The number of nitrogens with one attached hydrogen (secondary N) is 2. The SMILES string of the molecule is O=C(c1c(F)ccc(NS(=O)(=O)c2cc(F)ccc2F)c1F)c1c[nH]c2ncc(-c3cncnc3)cc12. The van der Waals surface area contributed by atoms with Crippen LogP contribution < -0.4 is 4.72 Å². The fourth-order valence-electron chi connectivity index (χ4n) is 3.65. The maximum Gasteiger partial charge on any atom is 0.265 e. The van der Waals surface area contributed by atoms with Gasteiger partial charge < -0.3 is 4.98 Å². The number of pyridine rings is 1. The van der Waals surface area contributed by atoms with Gasteiger partial charge in [-0.05, 0) is 36.4 Å². The Morgan fingerprint density at radius 1 is 0.892 bits per heavy atom. The molecule has 2 N–H and O–H groups in total. The second-order valence-corrected chi connectivity index (χ2v) is 9.39. The molecule has 0 radical (unpaired) electrons. The summed E-state index contributed by atoms with van der Waals surface area (Å²) >= 11 is 0. The molecule has 3 aromatic heterocycles. The Hall–Kier alpha value is -4.65. The van der Waals surface area contributed by atoms with Crippen LogP contribution in [-0.4, -0.2) is 34.1 Å². The smallest absolute Gasteiger partial charge is 0.265 e. The highest BCUT2D eigenvalue weighted by Gasteiger charge is 2.27. The molecule has 0 spiro atoms. The number of halogens is 4. The Morgan fingerprint density at radius 3 is 2.38 bits per heavy atom. The van der Waals surface area contributed by atoms with Crippen LogP contribution in [0.15, 0.2) is 72.4 Å². The first-order valence-electron chi connectivity index (χ1n) is 10.4. The van der Waals surface area contributed by atoms with E-state index in [1.54, 1.807) is 10.8 Å². The minimum absolute atomic E-state index is 0.143. The molecular weight excluding hydrogens is 514 g/mol. The van der Waals surface area contributed by atoms with E-state index in [-0.39, 0.29) is 16.6 Å². The number of hydrogen-bond acceptors (Lipinski definition) is 6. The number of anilines is 1. The van der Waals surface area contributed by atoms with Crippen molar-refractivity contribution in [2.75, 3.05) is 4.72 Å². The highest BCUT2D eigenvalue weighted by atomic mass is 32.2. The summed E-state index contributed by atoms with van der Waals surface area (Å²) in [5.41, 5.74) is -0.683. The van der Waals surface area contributed by atoms with E-state index in [9.17, 15) is 26.4 Å². The number of rotatable bonds is 6. The number of aromatic nitrogens is 4. The van der Waals surface area contributed by atoms with Crippen LogP contribution in [0.1, 0.15) is 15.9 Å². The van der Waals surface area contributed by atoms with Gasteiger partial charge in [0.15, 0.2) is 5.82 Å². The topological polar surface area (TPSA) is 118 Å². The number of sulfonamides is 1. The van der Waals surface area contributed by atoms with E-state index < -0.39 is 55.2 Å². The molecule has 0 bridgehead atoms. The van der Waals surface area contributed by atoms with Crippen molar-refractivity contribution in [3.05, 3.63) is 102 Å². The molecule has 5 rings (SSSR count). The Kier molecular flexibility index (Phi) is 5.91. The number of aromatic amines is 1. The molecule has 0 atom stereocenters. The average Bonchev–Trinajstić information content (AvgIpc) is 3.31. The highest BCUT2D eigenvalue weighted by Crippen LogP contribution is 2.30. The molecule has 0 unspecified atom stereocenters. The summed E-state index contributed by atoms with van der Waals surface area (Å²) in [5, 5.41) is 0.234. The average molecular weight is 527 g/mol. The third kappa shape index (κ3) is 4.40. The molecule has 0 amide bonds. The monoisotopic (exact) mass is 527 g/mol. The normalized spacial score (nSPS) is 11.6. The molecule has 2 aromatic carbocycles. The second kappa shape index (κ2) is 9.09. The lowest BCUT2D eigenvalue weighted by atomic mass is 10.0. The van der Waals surface area contributed by atoms with Gasteiger partial charge >= 0.3 is 0 Å². The number of carbonyl (C=O) groups is 1. The van der Waals surface area contributed by atoms with Crippen molar-refractivity contribution in [1.29, 1.82) is 0 Å². The molecule has 0 saturated carbocycles. The van der Waals surface area contributed by atoms with Crippen LogP contribution in [-0.2, 0) is 10.0 Å². The predicted octanol–water partition coefficient (Wildman–Crippen LogP) is 4.61. The number of nitrogens with zero attached hydrogens (tertiary/aromatic N) is 3. The van der Waals surface area contributed by atoms with E-state index in [2.05, 4.69) is 19.9 Å². The Morgan fingerprint density at radius 2 is 1.62 bits per heavy atom. The predicted molar refractivity (Wildman–Crippen MR) is 124 cm³/mol. The van der Waals surface area contributed by atoms with Gasteiger partial charge in [-0.3, -0.25) is 9.52 Å². The number of H-pyrrole nitrogens is 1. The van der Waals surface area contributed by atoms with Crippen molar-refractivity contribution < 1.29 is 30.8 Å². The molecule has 5 aromatic rings. The van der Waals surface area contributed by atoms with E-state index >= 15 is 4.39 Å². The lowest BCUT2D eigenvalue weighted by molar-refractivity contribution is 0.103. The lowest BCUT2D eigenvalue weighted by Gasteiger charge is -2.12. The van der Waals surface area contributed by atoms with Crippen molar-refractivity contribution in [3.63, 3.8) is 0 Å². The molecule has 13 heteroatoms. The van der Waals surface area contributed by atoms with E-state index in [4.69, 9.17) is 0 Å². The fraction of sp³-hybridized carbons (Fsp3) is 0. The zero-order valence-corrected chi connectivity index (χ0v) is 19.2. The van der Waals surface area contributed by atoms with Crippen molar-refractivity contribution in [2.45, 2.75) is 4.90 Å². The quantitative estimate of drug-likeness (QED) is 0.246. The van der Waals surface area contributed by atoms with Crippen LogP contribution in [0.2, 0.25) is 0 Å². The maximum absolute atomic E-state index is 15.3.